The van der Waals surface area contributed by atoms with Gasteiger partial charge in [-0.2, -0.15) is 0 Å². The minimum Gasteiger partial charge on any atom is -0.378 e. The molecule has 1 aliphatic rings. The first-order valence-corrected chi connectivity index (χ1v) is 4.59. The molecule has 0 amide bonds. The van der Waals surface area contributed by atoms with Gasteiger partial charge in [0.1, 0.15) is 0 Å². The number of rotatable bonds is 3. The normalized spacial score (nSPS) is 31.6. The van der Waals surface area contributed by atoms with Gasteiger partial charge in [-0.1, -0.05) is 13.8 Å². The van der Waals surface area contributed by atoms with Gasteiger partial charge in [-0.3, -0.25) is 0 Å². The Labute approximate surface area is 73.3 Å². The van der Waals surface area contributed by atoms with Crippen LogP contribution in [-0.4, -0.2) is 31.2 Å². The fourth-order valence-corrected chi connectivity index (χ4v) is 1.35. The predicted molar refractivity (Wildman–Crippen MR) is 47.1 cm³/mol. The van der Waals surface area contributed by atoms with E-state index < -0.39 is 0 Å². The lowest BCUT2D eigenvalue weighted by Crippen LogP contribution is -2.38. The third-order valence-corrected chi connectivity index (χ3v) is 2.23. The highest BCUT2D eigenvalue weighted by Crippen LogP contribution is 2.11. The van der Waals surface area contributed by atoms with E-state index in [1.807, 2.05) is 0 Å². The zero-order valence-corrected chi connectivity index (χ0v) is 7.90. The van der Waals surface area contributed by atoms with Crippen molar-refractivity contribution in [3.8, 4) is 0 Å². The highest BCUT2D eigenvalue weighted by Gasteiger charge is 2.25. The number of ether oxygens (including phenoxy) is 1. The van der Waals surface area contributed by atoms with Gasteiger partial charge in [-0.15, -0.1) is 11.6 Å². The van der Waals surface area contributed by atoms with Gasteiger partial charge in [0.25, 0.3) is 0 Å². The lowest BCUT2D eigenvalue weighted by Gasteiger charge is -2.15. The second kappa shape index (κ2) is 4.29. The molecule has 1 fully saturated rings. The number of hydrogen-bond acceptors (Lipinski definition) is 2. The Morgan fingerprint density at radius 1 is 1.55 bits per heavy atom. The Kier molecular flexibility index (Phi) is 3.63. The topological polar surface area (TPSA) is 21.3 Å². The lowest BCUT2D eigenvalue weighted by molar-refractivity contribution is 0.189. The van der Waals surface area contributed by atoms with Gasteiger partial charge in [-0.25, -0.2) is 0 Å². The molecule has 1 aliphatic heterocycles. The van der Waals surface area contributed by atoms with E-state index in [4.69, 9.17) is 16.3 Å². The van der Waals surface area contributed by atoms with Crippen molar-refractivity contribution in [1.29, 1.82) is 0 Å². The van der Waals surface area contributed by atoms with E-state index in [9.17, 15) is 0 Å². The molecule has 0 spiro atoms. The van der Waals surface area contributed by atoms with Crippen LogP contribution in [0, 0.1) is 5.92 Å². The van der Waals surface area contributed by atoms with Gasteiger partial charge >= 0.3 is 0 Å². The first-order valence-electron chi connectivity index (χ1n) is 4.15. The summed E-state index contributed by atoms with van der Waals surface area (Å²) in [6.45, 7) is 6.85. The largest absolute Gasteiger partial charge is 0.378 e. The highest BCUT2D eigenvalue weighted by atomic mass is 35.5. The van der Waals surface area contributed by atoms with Crippen LogP contribution >= 0.6 is 11.6 Å². The quantitative estimate of drug-likeness (QED) is 0.655. The first-order chi connectivity index (χ1) is 5.20. The van der Waals surface area contributed by atoms with Crippen LogP contribution in [0.5, 0.6) is 0 Å². The molecular formula is C8H16ClNO. The van der Waals surface area contributed by atoms with E-state index in [-0.39, 0.29) is 5.38 Å². The van der Waals surface area contributed by atoms with E-state index in [1.165, 1.54) is 0 Å². The van der Waals surface area contributed by atoms with Crippen molar-refractivity contribution in [2.75, 3.05) is 19.8 Å². The third kappa shape index (κ3) is 2.97. The van der Waals surface area contributed by atoms with E-state index in [2.05, 4.69) is 19.2 Å². The maximum Gasteiger partial charge on any atom is 0.0745 e. The fraction of sp³-hybridized carbons (Fsp3) is 1.00. The molecule has 2 atom stereocenters. The molecule has 0 aromatic carbocycles. The molecule has 1 rings (SSSR count). The number of halogens is 1. The summed E-state index contributed by atoms with van der Waals surface area (Å²) in [4.78, 5) is 0. The highest BCUT2D eigenvalue weighted by molar-refractivity contribution is 6.21. The monoisotopic (exact) mass is 177 g/mol. The smallest absolute Gasteiger partial charge is 0.0745 e. The Morgan fingerprint density at radius 2 is 2.27 bits per heavy atom. The van der Waals surface area contributed by atoms with E-state index in [1.54, 1.807) is 0 Å². The van der Waals surface area contributed by atoms with Crippen molar-refractivity contribution >= 4 is 11.6 Å². The van der Waals surface area contributed by atoms with Crippen molar-refractivity contribution < 1.29 is 4.74 Å². The molecule has 2 nitrogen and oxygen atoms in total. The fourth-order valence-electron chi connectivity index (χ4n) is 1.10. The molecule has 11 heavy (non-hydrogen) atoms. The van der Waals surface area contributed by atoms with E-state index in [0.717, 1.165) is 13.2 Å². The maximum atomic E-state index is 5.97. The van der Waals surface area contributed by atoms with Gasteiger partial charge in [0.2, 0.25) is 0 Å². The van der Waals surface area contributed by atoms with Crippen LogP contribution in [0.1, 0.15) is 13.8 Å². The SMILES string of the molecule is CC(C)CNC1COCC1Cl. The van der Waals surface area contributed by atoms with Gasteiger partial charge in [-0.05, 0) is 12.5 Å². The standard InChI is InChI=1S/C8H16ClNO/c1-6(2)3-10-8-5-11-4-7(8)9/h6-8,10H,3-5H2,1-2H3. The Balaban J connectivity index is 2.15. The Morgan fingerprint density at radius 3 is 2.73 bits per heavy atom. The minimum absolute atomic E-state index is 0.161. The summed E-state index contributed by atoms with van der Waals surface area (Å²) in [6.07, 6.45) is 0. The summed E-state index contributed by atoms with van der Waals surface area (Å²) in [7, 11) is 0. The average molecular weight is 178 g/mol. The van der Waals surface area contributed by atoms with Crippen LogP contribution < -0.4 is 5.32 Å². The molecular weight excluding hydrogens is 162 g/mol. The molecule has 0 bridgehead atoms. The zero-order valence-electron chi connectivity index (χ0n) is 7.14. The third-order valence-electron chi connectivity index (χ3n) is 1.80. The Hall–Kier alpha value is 0.210. The second-order valence-corrected chi connectivity index (χ2v) is 4.02. The summed E-state index contributed by atoms with van der Waals surface area (Å²) < 4.78 is 5.21. The molecule has 0 aliphatic carbocycles. The van der Waals surface area contributed by atoms with E-state index in [0.29, 0.717) is 18.6 Å². The van der Waals surface area contributed by atoms with Crippen molar-refractivity contribution in [2.24, 2.45) is 5.92 Å². The number of alkyl halides is 1. The average Bonchev–Trinajstić information content (AvgIpc) is 2.31. The summed E-state index contributed by atoms with van der Waals surface area (Å²) >= 11 is 5.97. The lowest BCUT2D eigenvalue weighted by atomic mass is 10.2. The zero-order chi connectivity index (χ0) is 8.27. The molecule has 0 aromatic heterocycles. The first kappa shape index (κ1) is 9.30. The van der Waals surface area contributed by atoms with Crippen LogP contribution in [-0.2, 0) is 4.74 Å². The summed E-state index contributed by atoms with van der Waals surface area (Å²) in [5, 5.41) is 3.53. The van der Waals surface area contributed by atoms with Crippen LogP contribution in [0.15, 0.2) is 0 Å². The van der Waals surface area contributed by atoms with Gasteiger partial charge < -0.3 is 10.1 Å². The van der Waals surface area contributed by atoms with Crippen molar-refractivity contribution in [3.63, 3.8) is 0 Å². The molecule has 0 saturated carbocycles. The molecule has 0 radical (unpaired) electrons. The molecule has 3 heteroatoms. The van der Waals surface area contributed by atoms with Crippen molar-refractivity contribution in [1.82, 2.24) is 5.32 Å². The molecule has 1 saturated heterocycles. The molecule has 1 heterocycles. The summed E-state index contributed by atoms with van der Waals surface area (Å²) in [6, 6.07) is 0.360. The summed E-state index contributed by atoms with van der Waals surface area (Å²) in [5.41, 5.74) is 0. The van der Waals surface area contributed by atoms with Crippen LogP contribution in [0.4, 0.5) is 0 Å². The van der Waals surface area contributed by atoms with Crippen LogP contribution in [0.25, 0.3) is 0 Å². The van der Waals surface area contributed by atoms with Gasteiger partial charge in [0.15, 0.2) is 0 Å². The molecule has 66 valence electrons. The van der Waals surface area contributed by atoms with Crippen LogP contribution in [0.2, 0.25) is 0 Å². The number of hydrogen-bond donors (Lipinski definition) is 1. The maximum absolute atomic E-state index is 5.97. The summed E-state index contributed by atoms with van der Waals surface area (Å²) in [5.74, 6) is 0.680. The van der Waals surface area contributed by atoms with Crippen molar-refractivity contribution in [3.05, 3.63) is 0 Å². The minimum atomic E-state index is 0.161. The van der Waals surface area contributed by atoms with Gasteiger partial charge in [0, 0.05) is 6.04 Å². The van der Waals surface area contributed by atoms with E-state index >= 15 is 0 Å². The molecule has 0 aromatic rings. The molecule has 1 N–H and O–H groups in total. The Bertz CT molecular complexity index is 119. The predicted octanol–water partition coefficient (Wildman–Crippen LogP) is 1.24. The second-order valence-electron chi connectivity index (χ2n) is 3.46. The number of nitrogens with one attached hydrogen (secondary N) is 1. The van der Waals surface area contributed by atoms with Crippen LogP contribution in [0.3, 0.4) is 0 Å². The molecule has 2 unspecified atom stereocenters. The van der Waals surface area contributed by atoms with Crippen molar-refractivity contribution in [2.45, 2.75) is 25.3 Å². The van der Waals surface area contributed by atoms with Gasteiger partial charge in [0.05, 0.1) is 18.6 Å².